The first-order valence-corrected chi connectivity index (χ1v) is 6.58. The van der Waals surface area contributed by atoms with Crippen molar-refractivity contribution in [3.8, 4) is 11.8 Å². The van der Waals surface area contributed by atoms with E-state index in [4.69, 9.17) is 9.47 Å². The van der Waals surface area contributed by atoms with Crippen LogP contribution in [0.3, 0.4) is 0 Å². The van der Waals surface area contributed by atoms with Crippen LogP contribution in [0.15, 0.2) is 6.07 Å². The molecule has 7 heteroatoms. The van der Waals surface area contributed by atoms with Crippen LogP contribution in [0, 0.1) is 0 Å². The molecule has 0 aliphatic heterocycles. The van der Waals surface area contributed by atoms with Crippen molar-refractivity contribution in [1.82, 2.24) is 9.97 Å². The maximum absolute atomic E-state index is 11.6. The fourth-order valence-electron chi connectivity index (χ4n) is 2.43. The number of carbonyl (C=O) groups is 1. The lowest BCUT2D eigenvalue weighted by molar-refractivity contribution is -0.143. The Morgan fingerprint density at radius 3 is 2.20 bits per heavy atom. The number of nitrogens with one attached hydrogen (secondary N) is 1. The van der Waals surface area contributed by atoms with Crippen molar-refractivity contribution in [2.75, 3.05) is 19.5 Å². The van der Waals surface area contributed by atoms with Crippen molar-refractivity contribution >= 4 is 11.9 Å². The van der Waals surface area contributed by atoms with Gasteiger partial charge in [-0.05, 0) is 12.8 Å². The van der Waals surface area contributed by atoms with Gasteiger partial charge in [0.1, 0.15) is 5.54 Å². The molecule has 0 radical (unpaired) electrons. The first-order valence-electron chi connectivity index (χ1n) is 6.58. The molecule has 0 aromatic carbocycles. The van der Waals surface area contributed by atoms with E-state index in [-0.39, 0.29) is 5.95 Å². The van der Waals surface area contributed by atoms with E-state index in [1.807, 2.05) is 0 Å². The minimum atomic E-state index is -1.00. The third kappa shape index (κ3) is 2.92. The van der Waals surface area contributed by atoms with Crippen molar-refractivity contribution in [3.63, 3.8) is 0 Å². The molecule has 1 aromatic heterocycles. The van der Waals surface area contributed by atoms with Crippen LogP contribution in [-0.4, -0.2) is 40.8 Å². The van der Waals surface area contributed by atoms with E-state index in [1.54, 1.807) is 6.07 Å². The van der Waals surface area contributed by atoms with Gasteiger partial charge in [0.15, 0.2) is 0 Å². The summed E-state index contributed by atoms with van der Waals surface area (Å²) < 4.78 is 10.1. The average molecular weight is 281 g/mol. The minimum Gasteiger partial charge on any atom is -0.481 e. The smallest absolute Gasteiger partial charge is 0.329 e. The molecular formula is C13H19N3O4. The Hall–Kier alpha value is -2.05. The van der Waals surface area contributed by atoms with E-state index < -0.39 is 11.5 Å². The summed E-state index contributed by atoms with van der Waals surface area (Å²) in [6.45, 7) is 0. The normalized spacial score (nSPS) is 17.3. The van der Waals surface area contributed by atoms with Gasteiger partial charge in [0.2, 0.25) is 17.7 Å². The summed E-state index contributed by atoms with van der Waals surface area (Å²) in [5, 5.41) is 12.5. The topological polar surface area (TPSA) is 93.6 Å². The van der Waals surface area contributed by atoms with Gasteiger partial charge in [0.05, 0.1) is 20.3 Å². The van der Waals surface area contributed by atoms with Crippen LogP contribution in [0.25, 0.3) is 0 Å². The Bertz CT molecular complexity index is 464. The molecule has 0 unspecified atom stereocenters. The fraction of sp³-hybridized carbons (Fsp3) is 0.615. The molecule has 0 bridgehead atoms. The molecule has 1 heterocycles. The van der Waals surface area contributed by atoms with Crippen LogP contribution >= 0.6 is 0 Å². The zero-order valence-electron chi connectivity index (χ0n) is 11.7. The highest BCUT2D eigenvalue weighted by Crippen LogP contribution is 2.32. The van der Waals surface area contributed by atoms with Gasteiger partial charge in [-0.15, -0.1) is 0 Å². The molecule has 110 valence electrons. The van der Waals surface area contributed by atoms with Crippen LogP contribution in [0.1, 0.15) is 32.1 Å². The van der Waals surface area contributed by atoms with Gasteiger partial charge >= 0.3 is 5.97 Å². The Balaban J connectivity index is 2.28. The number of aromatic nitrogens is 2. The highest BCUT2D eigenvalue weighted by atomic mass is 16.5. The average Bonchev–Trinajstić information content (AvgIpc) is 2.47. The monoisotopic (exact) mass is 281 g/mol. The lowest BCUT2D eigenvalue weighted by atomic mass is 9.82. The summed E-state index contributed by atoms with van der Waals surface area (Å²) in [7, 11) is 2.97. The molecule has 1 aliphatic rings. The largest absolute Gasteiger partial charge is 0.481 e. The molecule has 1 aliphatic carbocycles. The summed E-state index contributed by atoms with van der Waals surface area (Å²) in [4.78, 5) is 19.9. The number of ether oxygens (including phenoxy) is 2. The number of hydrogen-bond acceptors (Lipinski definition) is 6. The Kier molecular flexibility index (Phi) is 4.26. The van der Waals surface area contributed by atoms with Crippen LogP contribution in [-0.2, 0) is 4.79 Å². The van der Waals surface area contributed by atoms with Crippen molar-refractivity contribution in [2.24, 2.45) is 0 Å². The molecule has 1 aromatic rings. The SMILES string of the molecule is COc1cc(OC)nc(NC2(C(=O)O)CCCCC2)n1. The molecule has 1 fully saturated rings. The van der Waals surface area contributed by atoms with Crippen LogP contribution in [0.4, 0.5) is 5.95 Å². The Morgan fingerprint density at radius 1 is 1.20 bits per heavy atom. The standard InChI is InChI=1S/C13H19N3O4/c1-19-9-8-10(20-2)15-12(14-9)16-13(11(17)18)6-4-3-5-7-13/h8H,3-7H2,1-2H3,(H,17,18)(H,14,15,16). The van der Waals surface area contributed by atoms with E-state index in [9.17, 15) is 9.90 Å². The third-order valence-electron chi connectivity index (χ3n) is 3.56. The first kappa shape index (κ1) is 14.4. The van der Waals surface area contributed by atoms with Gasteiger partial charge in [-0.25, -0.2) is 4.79 Å². The second kappa shape index (κ2) is 5.94. The fourth-order valence-corrected chi connectivity index (χ4v) is 2.43. The molecule has 0 amide bonds. The van der Waals surface area contributed by atoms with E-state index in [0.29, 0.717) is 24.6 Å². The summed E-state index contributed by atoms with van der Waals surface area (Å²) >= 11 is 0. The van der Waals surface area contributed by atoms with E-state index in [2.05, 4.69) is 15.3 Å². The molecule has 0 atom stereocenters. The van der Waals surface area contributed by atoms with Gasteiger partial charge in [-0.1, -0.05) is 19.3 Å². The zero-order chi connectivity index (χ0) is 14.6. The molecule has 2 rings (SSSR count). The van der Waals surface area contributed by atoms with E-state index in [0.717, 1.165) is 19.3 Å². The first-order chi connectivity index (χ1) is 9.59. The molecule has 20 heavy (non-hydrogen) atoms. The predicted octanol–water partition coefficient (Wildman–Crippen LogP) is 1.69. The number of carboxylic acids is 1. The molecule has 2 N–H and O–H groups in total. The second-order valence-electron chi connectivity index (χ2n) is 4.85. The number of hydrogen-bond donors (Lipinski definition) is 2. The van der Waals surface area contributed by atoms with Crippen LogP contribution in [0.2, 0.25) is 0 Å². The maximum atomic E-state index is 11.6. The van der Waals surface area contributed by atoms with Crippen molar-refractivity contribution < 1.29 is 19.4 Å². The van der Waals surface area contributed by atoms with Crippen molar-refractivity contribution in [1.29, 1.82) is 0 Å². The summed E-state index contributed by atoms with van der Waals surface area (Å²) in [5.41, 5.74) is -1.00. The third-order valence-corrected chi connectivity index (χ3v) is 3.56. The highest BCUT2D eigenvalue weighted by molar-refractivity contribution is 5.82. The van der Waals surface area contributed by atoms with Gasteiger partial charge in [0, 0.05) is 0 Å². The van der Waals surface area contributed by atoms with Crippen LogP contribution < -0.4 is 14.8 Å². The Morgan fingerprint density at radius 2 is 1.75 bits per heavy atom. The highest BCUT2D eigenvalue weighted by Gasteiger charge is 2.40. The lowest BCUT2D eigenvalue weighted by Gasteiger charge is -2.33. The van der Waals surface area contributed by atoms with Gasteiger partial charge in [-0.3, -0.25) is 0 Å². The molecular weight excluding hydrogens is 262 g/mol. The molecule has 0 spiro atoms. The van der Waals surface area contributed by atoms with Crippen molar-refractivity contribution in [2.45, 2.75) is 37.6 Å². The predicted molar refractivity (Wildman–Crippen MR) is 72.2 cm³/mol. The molecule has 1 saturated carbocycles. The second-order valence-corrected chi connectivity index (χ2v) is 4.85. The minimum absolute atomic E-state index is 0.213. The Labute approximate surface area is 117 Å². The number of methoxy groups -OCH3 is 2. The number of nitrogens with zero attached hydrogens (tertiary/aromatic N) is 2. The summed E-state index contributed by atoms with van der Waals surface area (Å²) in [6, 6.07) is 1.54. The molecule has 7 nitrogen and oxygen atoms in total. The summed E-state index contributed by atoms with van der Waals surface area (Å²) in [6.07, 6.45) is 3.93. The quantitative estimate of drug-likeness (QED) is 0.848. The van der Waals surface area contributed by atoms with Crippen LogP contribution in [0.5, 0.6) is 11.8 Å². The van der Waals surface area contributed by atoms with Gasteiger partial charge in [0.25, 0.3) is 0 Å². The van der Waals surface area contributed by atoms with E-state index in [1.165, 1.54) is 14.2 Å². The number of aliphatic carboxylic acids is 1. The number of rotatable bonds is 5. The number of anilines is 1. The van der Waals surface area contributed by atoms with Gasteiger partial charge < -0.3 is 19.9 Å². The number of carboxylic acid groups (broad SMARTS) is 1. The van der Waals surface area contributed by atoms with E-state index >= 15 is 0 Å². The van der Waals surface area contributed by atoms with Gasteiger partial charge in [-0.2, -0.15) is 9.97 Å². The summed E-state index contributed by atoms with van der Waals surface area (Å²) in [5.74, 6) is -0.000479. The lowest BCUT2D eigenvalue weighted by Crippen LogP contribution is -2.48. The van der Waals surface area contributed by atoms with Crippen molar-refractivity contribution in [3.05, 3.63) is 6.07 Å². The zero-order valence-corrected chi connectivity index (χ0v) is 11.7. The molecule has 0 saturated heterocycles. The maximum Gasteiger partial charge on any atom is 0.329 e.